The van der Waals surface area contributed by atoms with Gasteiger partial charge in [-0.25, -0.2) is 4.39 Å². The molecule has 196 valence electrons. The van der Waals surface area contributed by atoms with Crippen molar-refractivity contribution in [2.45, 2.75) is 51.2 Å². The number of carboxylic acid groups (broad SMARTS) is 1. The molecule has 37 heavy (non-hydrogen) atoms. The summed E-state index contributed by atoms with van der Waals surface area (Å²) in [5.74, 6) is -2.90. The highest BCUT2D eigenvalue weighted by molar-refractivity contribution is 6.01. The van der Waals surface area contributed by atoms with Gasteiger partial charge in [0.05, 0.1) is 13.1 Å². The summed E-state index contributed by atoms with van der Waals surface area (Å²) in [6, 6.07) is 10.3. The van der Waals surface area contributed by atoms with Crippen LogP contribution < -0.4 is 10.6 Å². The maximum atomic E-state index is 14.1. The molecule has 9 heteroatoms. The molecule has 1 saturated heterocycles. The van der Waals surface area contributed by atoms with Crippen LogP contribution in [0.25, 0.3) is 0 Å². The Hall–Kier alpha value is -3.59. The van der Waals surface area contributed by atoms with Crippen molar-refractivity contribution < 1.29 is 28.7 Å². The summed E-state index contributed by atoms with van der Waals surface area (Å²) in [6.07, 6.45) is 1.60. The van der Waals surface area contributed by atoms with E-state index in [2.05, 4.69) is 10.6 Å². The summed E-state index contributed by atoms with van der Waals surface area (Å²) in [7, 11) is 0. The second-order valence-electron chi connectivity index (χ2n) is 10.2. The average Bonchev–Trinajstić information content (AvgIpc) is 3.28. The molecule has 1 aliphatic carbocycles. The third-order valence-corrected chi connectivity index (χ3v) is 7.05. The predicted molar refractivity (Wildman–Crippen MR) is 134 cm³/mol. The maximum absolute atomic E-state index is 14.1. The van der Waals surface area contributed by atoms with E-state index in [9.17, 15) is 23.6 Å². The van der Waals surface area contributed by atoms with Crippen molar-refractivity contribution in [3.8, 4) is 0 Å². The van der Waals surface area contributed by atoms with Crippen LogP contribution in [0, 0.1) is 17.7 Å². The molecule has 8 nitrogen and oxygen atoms in total. The smallest absolute Gasteiger partial charge is 0.317 e. The Kier molecular flexibility index (Phi) is 8.02. The van der Waals surface area contributed by atoms with Crippen LogP contribution in [0.1, 0.15) is 43.0 Å². The van der Waals surface area contributed by atoms with Gasteiger partial charge in [-0.1, -0.05) is 50.2 Å². The molecular formula is C28H32FN3O5. The molecule has 0 unspecified atom stereocenters. The number of Topliss-reactive ketones (excluding diaryl/α,β-unsaturated/α-hetero) is 1. The molecule has 0 bridgehead atoms. The molecule has 2 aliphatic rings. The van der Waals surface area contributed by atoms with E-state index in [0.717, 1.165) is 11.1 Å². The molecule has 0 saturated carbocycles. The molecule has 0 aromatic heterocycles. The highest BCUT2D eigenvalue weighted by Gasteiger charge is 2.49. The fourth-order valence-electron chi connectivity index (χ4n) is 5.41. The standard InChI is InChI=1S/C28H32FN3O5/c1-16(2)11-22-27(36)31-25(20-12-18-5-3-4-6-19(18)13-20)28(37)32(22)26(17-7-9-21(29)10-8-17)23(33)14-30-15-24(34)35/h3-10,16,20,22,25-26,30H,11-15H2,1-2H3,(H,31,36)(H,34,35)/t22-,25-,26-/m1/s1. The highest BCUT2D eigenvalue weighted by atomic mass is 19.1. The van der Waals surface area contributed by atoms with Crippen molar-refractivity contribution >= 4 is 23.6 Å². The monoisotopic (exact) mass is 509 g/mol. The molecule has 1 aliphatic heterocycles. The number of rotatable bonds is 10. The fraction of sp³-hybridized carbons (Fsp3) is 0.429. The van der Waals surface area contributed by atoms with Crippen LogP contribution in [0.3, 0.4) is 0 Å². The Bertz CT molecular complexity index is 1160. The summed E-state index contributed by atoms with van der Waals surface area (Å²) < 4.78 is 13.8. The van der Waals surface area contributed by atoms with Crippen molar-refractivity contribution in [1.29, 1.82) is 0 Å². The lowest BCUT2D eigenvalue weighted by atomic mass is 9.87. The molecule has 2 aromatic rings. The first-order valence-electron chi connectivity index (χ1n) is 12.6. The lowest BCUT2D eigenvalue weighted by Gasteiger charge is -2.45. The number of hydrogen-bond acceptors (Lipinski definition) is 5. The average molecular weight is 510 g/mol. The number of aliphatic carboxylic acids is 1. The van der Waals surface area contributed by atoms with Crippen molar-refractivity contribution in [1.82, 2.24) is 15.5 Å². The van der Waals surface area contributed by atoms with Crippen molar-refractivity contribution in [3.63, 3.8) is 0 Å². The van der Waals surface area contributed by atoms with Gasteiger partial charge in [0, 0.05) is 0 Å². The van der Waals surface area contributed by atoms with Gasteiger partial charge < -0.3 is 15.3 Å². The number of fused-ring (bicyclic) bond motifs is 1. The van der Waals surface area contributed by atoms with E-state index >= 15 is 0 Å². The second kappa shape index (κ2) is 11.2. The van der Waals surface area contributed by atoms with Crippen LogP contribution in [0.4, 0.5) is 4.39 Å². The van der Waals surface area contributed by atoms with E-state index in [-0.39, 0.29) is 30.2 Å². The van der Waals surface area contributed by atoms with Crippen LogP contribution >= 0.6 is 0 Å². The van der Waals surface area contributed by atoms with Gasteiger partial charge in [-0.3, -0.25) is 24.5 Å². The molecule has 1 heterocycles. The molecule has 0 spiro atoms. The van der Waals surface area contributed by atoms with E-state index in [4.69, 9.17) is 5.11 Å². The van der Waals surface area contributed by atoms with Crippen LogP contribution in [0.5, 0.6) is 0 Å². The van der Waals surface area contributed by atoms with Gasteiger partial charge in [-0.05, 0) is 59.9 Å². The van der Waals surface area contributed by atoms with Crippen LogP contribution in [-0.2, 0) is 32.0 Å². The Morgan fingerprint density at radius 3 is 2.24 bits per heavy atom. The zero-order valence-electron chi connectivity index (χ0n) is 20.9. The van der Waals surface area contributed by atoms with Gasteiger partial charge in [-0.2, -0.15) is 0 Å². The number of amides is 2. The fourth-order valence-corrected chi connectivity index (χ4v) is 5.41. The summed E-state index contributed by atoms with van der Waals surface area (Å²) >= 11 is 0. The molecule has 3 atom stereocenters. The SMILES string of the molecule is CC(C)C[C@@H]1C(=O)N[C@H](C2Cc3ccccc3C2)C(=O)N1[C@@H](C(=O)CNCC(=O)O)c1ccc(F)cc1. The number of nitrogens with one attached hydrogen (secondary N) is 2. The molecule has 2 amide bonds. The van der Waals surface area contributed by atoms with E-state index in [0.29, 0.717) is 24.8 Å². The Balaban J connectivity index is 1.71. The van der Waals surface area contributed by atoms with Gasteiger partial charge in [0.2, 0.25) is 11.8 Å². The van der Waals surface area contributed by atoms with Gasteiger partial charge >= 0.3 is 5.97 Å². The molecule has 4 rings (SSSR count). The number of carbonyl (C=O) groups is 4. The molecular weight excluding hydrogens is 477 g/mol. The van der Waals surface area contributed by atoms with Gasteiger partial charge in [0.15, 0.2) is 5.78 Å². The summed E-state index contributed by atoms with van der Waals surface area (Å²) in [5, 5.41) is 14.5. The summed E-state index contributed by atoms with van der Waals surface area (Å²) in [5.41, 5.74) is 2.64. The van der Waals surface area contributed by atoms with Crippen molar-refractivity contribution in [2.75, 3.05) is 13.1 Å². The minimum atomic E-state index is -1.17. The minimum Gasteiger partial charge on any atom is -0.480 e. The Morgan fingerprint density at radius 2 is 1.68 bits per heavy atom. The Labute approximate surface area is 215 Å². The second-order valence-corrected chi connectivity index (χ2v) is 10.2. The number of halogens is 1. The quantitative estimate of drug-likeness (QED) is 0.453. The van der Waals surface area contributed by atoms with E-state index < -0.39 is 42.2 Å². The first-order chi connectivity index (χ1) is 17.7. The van der Waals surface area contributed by atoms with Crippen molar-refractivity contribution in [3.05, 3.63) is 71.0 Å². The third kappa shape index (κ3) is 5.88. The predicted octanol–water partition coefficient (Wildman–Crippen LogP) is 2.27. The maximum Gasteiger partial charge on any atom is 0.317 e. The zero-order chi connectivity index (χ0) is 26.7. The number of piperazine rings is 1. The zero-order valence-corrected chi connectivity index (χ0v) is 20.9. The molecule has 0 radical (unpaired) electrons. The largest absolute Gasteiger partial charge is 0.480 e. The Morgan fingerprint density at radius 1 is 1.05 bits per heavy atom. The van der Waals surface area contributed by atoms with Gasteiger partial charge in [0.25, 0.3) is 0 Å². The summed E-state index contributed by atoms with van der Waals surface area (Å²) in [4.78, 5) is 53.5. The van der Waals surface area contributed by atoms with E-state index in [1.54, 1.807) is 0 Å². The topological polar surface area (TPSA) is 116 Å². The lowest BCUT2D eigenvalue weighted by molar-refractivity contribution is -0.157. The highest BCUT2D eigenvalue weighted by Crippen LogP contribution is 2.35. The number of ketones is 1. The normalized spacial score (nSPS) is 20.6. The van der Waals surface area contributed by atoms with Crippen LogP contribution in [0.2, 0.25) is 0 Å². The van der Waals surface area contributed by atoms with Crippen LogP contribution in [0.15, 0.2) is 48.5 Å². The minimum absolute atomic E-state index is 0.0486. The van der Waals surface area contributed by atoms with E-state index in [1.807, 2.05) is 38.1 Å². The van der Waals surface area contributed by atoms with Crippen LogP contribution in [-0.4, -0.2) is 58.7 Å². The molecule has 1 fully saturated rings. The number of carbonyl (C=O) groups excluding carboxylic acids is 3. The van der Waals surface area contributed by atoms with Gasteiger partial charge in [0.1, 0.15) is 23.9 Å². The van der Waals surface area contributed by atoms with E-state index in [1.165, 1.54) is 29.2 Å². The third-order valence-electron chi connectivity index (χ3n) is 7.05. The first-order valence-corrected chi connectivity index (χ1v) is 12.6. The first kappa shape index (κ1) is 26.5. The number of carboxylic acids is 1. The molecule has 2 aromatic carbocycles. The summed E-state index contributed by atoms with van der Waals surface area (Å²) in [6.45, 7) is 3.10. The molecule has 3 N–H and O–H groups in total. The number of benzene rings is 2. The number of hydrogen-bond donors (Lipinski definition) is 3. The number of nitrogens with zero attached hydrogens (tertiary/aromatic N) is 1. The van der Waals surface area contributed by atoms with Gasteiger partial charge in [-0.15, -0.1) is 0 Å². The lowest BCUT2D eigenvalue weighted by Crippen LogP contribution is -2.67. The van der Waals surface area contributed by atoms with Crippen molar-refractivity contribution in [2.24, 2.45) is 11.8 Å².